The molecule has 1 rings (SSSR count). The largest absolute Gasteiger partial charge is 0.494 e. The summed E-state index contributed by atoms with van der Waals surface area (Å²) in [4.78, 5) is 14.6. The molecule has 0 aliphatic rings. The minimum atomic E-state index is 0.164. The number of carbonyl (C=O) groups excluding carboxylic acids is 1. The number of ketones is 1. The van der Waals surface area contributed by atoms with Crippen LogP contribution in [0.2, 0.25) is 0 Å². The molecule has 3 heteroatoms. The van der Waals surface area contributed by atoms with Gasteiger partial charge in [0.1, 0.15) is 5.75 Å². The van der Waals surface area contributed by atoms with E-state index in [1.807, 2.05) is 24.3 Å². The van der Waals surface area contributed by atoms with Crippen LogP contribution in [0.25, 0.3) is 0 Å². The van der Waals surface area contributed by atoms with Crippen LogP contribution in [0, 0.1) is 0 Å². The highest BCUT2D eigenvalue weighted by Crippen LogP contribution is 2.14. The molecule has 0 aromatic heterocycles. The molecule has 0 saturated heterocycles. The highest BCUT2D eigenvalue weighted by Gasteiger charge is 2.18. The Labute approximate surface area is 129 Å². The maximum Gasteiger partial charge on any atom is 0.176 e. The van der Waals surface area contributed by atoms with Crippen molar-refractivity contribution < 1.29 is 9.53 Å². The normalized spacial score (nSPS) is 11.4. The Morgan fingerprint density at radius 2 is 1.67 bits per heavy atom. The van der Waals surface area contributed by atoms with E-state index in [0.717, 1.165) is 30.8 Å². The van der Waals surface area contributed by atoms with E-state index in [1.54, 1.807) is 0 Å². The zero-order valence-electron chi connectivity index (χ0n) is 14.1. The number of unbranched alkanes of at least 4 members (excludes halogenated alkanes) is 1. The van der Waals surface area contributed by atoms with Gasteiger partial charge in [-0.15, -0.1) is 0 Å². The van der Waals surface area contributed by atoms with Gasteiger partial charge in [0.05, 0.1) is 13.2 Å². The summed E-state index contributed by atoms with van der Waals surface area (Å²) in [5.41, 5.74) is 0.754. The van der Waals surface area contributed by atoms with E-state index in [9.17, 15) is 4.79 Å². The summed E-state index contributed by atoms with van der Waals surface area (Å²) in [6, 6.07) is 8.23. The third kappa shape index (κ3) is 5.88. The SMILES string of the molecule is CCCCOc1ccc(C(=O)CN(C(C)C)C(C)C)cc1. The smallest absolute Gasteiger partial charge is 0.176 e. The maximum absolute atomic E-state index is 12.4. The van der Waals surface area contributed by atoms with Gasteiger partial charge >= 0.3 is 0 Å². The molecule has 0 heterocycles. The quantitative estimate of drug-likeness (QED) is 0.505. The van der Waals surface area contributed by atoms with Crippen LogP contribution in [-0.2, 0) is 0 Å². The molecule has 1 aromatic rings. The molecular formula is C18H29NO2. The molecule has 0 aliphatic heterocycles. The van der Waals surface area contributed by atoms with Crippen LogP contribution in [0.3, 0.4) is 0 Å². The van der Waals surface area contributed by atoms with Gasteiger partial charge in [-0.05, 0) is 58.4 Å². The Hall–Kier alpha value is -1.35. The van der Waals surface area contributed by atoms with Crippen LogP contribution in [0.1, 0.15) is 57.8 Å². The second-order valence-corrected chi connectivity index (χ2v) is 6.01. The average Bonchev–Trinajstić information content (AvgIpc) is 2.44. The minimum Gasteiger partial charge on any atom is -0.494 e. The Morgan fingerprint density at radius 3 is 2.14 bits per heavy atom. The third-order valence-electron chi connectivity index (χ3n) is 3.60. The summed E-state index contributed by atoms with van der Waals surface area (Å²) in [5, 5.41) is 0. The molecule has 1 aromatic carbocycles. The number of benzene rings is 1. The van der Waals surface area contributed by atoms with E-state index < -0.39 is 0 Å². The Kier molecular flexibility index (Phi) is 7.44. The van der Waals surface area contributed by atoms with Crippen LogP contribution in [0.15, 0.2) is 24.3 Å². The lowest BCUT2D eigenvalue weighted by Crippen LogP contribution is -2.40. The molecule has 0 saturated carbocycles. The standard InChI is InChI=1S/C18H29NO2/c1-6-7-12-21-17-10-8-16(9-11-17)18(20)13-19(14(2)3)15(4)5/h8-11,14-15H,6-7,12-13H2,1-5H3. The number of carbonyl (C=O) groups is 1. The minimum absolute atomic E-state index is 0.164. The van der Waals surface area contributed by atoms with Crippen molar-refractivity contribution in [1.29, 1.82) is 0 Å². The van der Waals surface area contributed by atoms with Crippen LogP contribution in [-0.4, -0.2) is 35.9 Å². The molecule has 0 amide bonds. The molecule has 118 valence electrons. The number of hydrogen-bond acceptors (Lipinski definition) is 3. The second-order valence-electron chi connectivity index (χ2n) is 6.01. The van der Waals surface area contributed by atoms with Crippen molar-refractivity contribution >= 4 is 5.78 Å². The van der Waals surface area contributed by atoms with Gasteiger partial charge in [0, 0.05) is 17.6 Å². The van der Waals surface area contributed by atoms with E-state index >= 15 is 0 Å². The fourth-order valence-corrected chi connectivity index (χ4v) is 2.29. The summed E-state index contributed by atoms with van der Waals surface area (Å²) in [5.74, 6) is 1.00. The molecule has 0 unspecified atom stereocenters. The Bertz CT molecular complexity index is 415. The topological polar surface area (TPSA) is 29.5 Å². The molecule has 0 radical (unpaired) electrons. The van der Waals surface area contributed by atoms with E-state index in [2.05, 4.69) is 39.5 Å². The van der Waals surface area contributed by atoms with E-state index in [4.69, 9.17) is 4.74 Å². The zero-order chi connectivity index (χ0) is 15.8. The fourth-order valence-electron chi connectivity index (χ4n) is 2.29. The van der Waals surface area contributed by atoms with Gasteiger partial charge in [-0.1, -0.05) is 13.3 Å². The lowest BCUT2D eigenvalue weighted by atomic mass is 10.1. The number of hydrogen-bond donors (Lipinski definition) is 0. The molecule has 0 N–H and O–H groups in total. The lowest BCUT2D eigenvalue weighted by molar-refractivity contribution is 0.0866. The first-order chi connectivity index (χ1) is 9.95. The molecule has 3 nitrogen and oxygen atoms in total. The second kappa shape index (κ2) is 8.83. The summed E-state index contributed by atoms with van der Waals surface area (Å²) >= 11 is 0. The summed E-state index contributed by atoms with van der Waals surface area (Å²) < 4.78 is 5.62. The molecule has 21 heavy (non-hydrogen) atoms. The lowest BCUT2D eigenvalue weighted by Gasteiger charge is -2.29. The van der Waals surface area contributed by atoms with Crippen LogP contribution in [0.5, 0.6) is 5.75 Å². The molecule has 0 atom stereocenters. The van der Waals surface area contributed by atoms with Crippen molar-refractivity contribution in [3.05, 3.63) is 29.8 Å². The maximum atomic E-state index is 12.4. The number of ether oxygens (including phenoxy) is 1. The first-order valence-corrected chi connectivity index (χ1v) is 7.97. The number of Topliss-reactive ketones (excluding diaryl/α,β-unsaturated/α-hetero) is 1. The highest BCUT2D eigenvalue weighted by atomic mass is 16.5. The van der Waals surface area contributed by atoms with Gasteiger partial charge in [0.25, 0.3) is 0 Å². The number of nitrogens with zero attached hydrogens (tertiary/aromatic N) is 1. The average molecular weight is 291 g/mol. The van der Waals surface area contributed by atoms with Crippen molar-refractivity contribution in [2.45, 2.75) is 59.5 Å². The van der Waals surface area contributed by atoms with E-state index in [1.165, 1.54) is 0 Å². The predicted octanol–water partition coefficient (Wildman–Crippen LogP) is 4.17. The third-order valence-corrected chi connectivity index (χ3v) is 3.60. The van der Waals surface area contributed by atoms with Crippen molar-refractivity contribution in [2.75, 3.05) is 13.2 Å². The van der Waals surface area contributed by atoms with Crippen molar-refractivity contribution in [3.63, 3.8) is 0 Å². The monoisotopic (exact) mass is 291 g/mol. The van der Waals surface area contributed by atoms with Gasteiger partial charge in [0.2, 0.25) is 0 Å². The Morgan fingerprint density at radius 1 is 1.10 bits per heavy atom. The van der Waals surface area contributed by atoms with Gasteiger partial charge in [-0.25, -0.2) is 0 Å². The molecular weight excluding hydrogens is 262 g/mol. The van der Waals surface area contributed by atoms with Gasteiger partial charge in [-0.2, -0.15) is 0 Å². The first kappa shape index (κ1) is 17.7. The summed E-state index contributed by atoms with van der Waals surface area (Å²) in [6.45, 7) is 11.8. The van der Waals surface area contributed by atoms with Gasteiger partial charge < -0.3 is 4.74 Å². The molecule has 0 fully saturated rings. The summed E-state index contributed by atoms with van der Waals surface area (Å²) in [7, 11) is 0. The predicted molar refractivity (Wildman–Crippen MR) is 88.2 cm³/mol. The summed E-state index contributed by atoms with van der Waals surface area (Å²) in [6.07, 6.45) is 2.18. The zero-order valence-corrected chi connectivity index (χ0v) is 14.1. The van der Waals surface area contributed by atoms with E-state index in [-0.39, 0.29) is 5.78 Å². The fraction of sp³-hybridized carbons (Fsp3) is 0.611. The highest BCUT2D eigenvalue weighted by molar-refractivity contribution is 5.97. The molecule has 0 aliphatic carbocycles. The van der Waals surface area contributed by atoms with E-state index in [0.29, 0.717) is 18.6 Å². The van der Waals surface area contributed by atoms with Crippen LogP contribution in [0.4, 0.5) is 0 Å². The van der Waals surface area contributed by atoms with Crippen molar-refractivity contribution in [3.8, 4) is 5.75 Å². The molecule has 0 bridgehead atoms. The van der Waals surface area contributed by atoms with Crippen LogP contribution < -0.4 is 4.74 Å². The Balaban J connectivity index is 2.62. The number of rotatable bonds is 9. The van der Waals surface area contributed by atoms with Crippen molar-refractivity contribution in [1.82, 2.24) is 4.90 Å². The van der Waals surface area contributed by atoms with Crippen molar-refractivity contribution in [2.24, 2.45) is 0 Å². The van der Waals surface area contributed by atoms with Crippen LogP contribution >= 0.6 is 0 Å². The van der Waals surface area contributed by atoms with Gasteiger partial charge in [-0.3, -0.25) is 9.69 Å². The molecule has 0 spiro atoms. The first-order valence-electron chi connectivity index (χ1n) is 7.97. The van der Waals surface area contributed by atoms with Gasteiger partial charge in [0.15, 0.2) is 5.78 Å².